The molecule has 0 unspecified atom stereocenters. The maximum atomic E-state index is 9.20. The Morgan fingerprint density at radius 1 is 1.16 bits per heavy atom. The van der Waals surface area contributed by atoms with E-state index in [1.807, 2.05) is 6.07 Å². The predicted octanol–water partition coefficient (Wildman–Crippen LogP) is 3.66. The molecule has 0 saturated heterocycles. The van der Waals surface area contributed by atoms with E-state index >= 15 is 0 Å². The number of hydrogen-bond donors (Lipinski definition) is 1. The van der Waals surface area contributed by atoms with Gasteiger partial charge in [-0.25, -0.2) is 0 Å². The average molecular weight is 258 g/mol. The highest BCUT2D eigenvalue weighted by molar-refractivity contribution is 6.05. The molecule has 0 atom stereocenters. The molecule has 0 aromatic heterocycles. The van der Waals surface area contributed by atoms with Gasteiger partial charge in [0.05, 0.1) is 5.71 Å². The molecule has 1 saturated carbocycles. The van der Waals surface area contributed by atoms with Crippen molar-refractivity contribution in [3.63, 3.8) is 0 Å². The van der Waals surface area contributed by atoms with Crippen LogP contribution < -0.4 is 4.90 Å². The highest BCUT2D eigenvalue weighted by Gasteiger charge is 2.23. The second kappa shape index (κ2) is 5.64. The van der Waals surface area contributed by atoms with Gasteiger partial charge in [-0.05, 0) is 37.7 Å². The fourth-order valence-corrected chi connectivity index (χ4v) is 3.48. The van der Waals surface area contributed by atoms with Gasteiger partial charge in [0.15, 0.2) is 0 Å². The van der Waals surface area contributed by atoms with Crippen molar-refractivity contribution < 1.29 is 5.21 Å². The summed E-state index contributed by atoms with van der Waals surface area (Å²) in [6, 6.07) is 8.36. The third-order valence-electron chi connectivity index (χ3n) is 4.47. The van der Waals surface area contributed by atoms with Gasteiger partial charge in [-0.15, -0.1) is 0 Å². The summed E-state index contributed by atoms with van der Waals surface area (Å²) >= 11 is 0. The van der Waals surface area contributed by atoms with E-state index in [1.54, 1.807) is 0 Å². The van der Waals surface area contributed by atoms with E-state index < -0.39 is 0 Å². The number of anilines is 1. The summed E-state index contributed by atoms with van der Waals surface area (Å²) in [5.41, 5.74) is 3.20. The maximum Gasteiger partial charge on any atom is 0.0889 e. The van der Waals surface area contributed by atoms with E-state index in [1.165, 1.54) is 31.4 Å². The Morgan fingerprint density at radius 2 is 1.95 bits per heavy atom. The molecular weight excluding hydrogens is 236 g/mol. The molecule has 3 heteroatoms. The molecule has 3 rings (SSSR count). The number of rotatable bonds is 2. The Balaban J connectivity index is 1.87. The molecule has 0 spiro atoms. The molecule has 1 aliphatic heterocycles. The Morgan fingerprint density at radius 3 is 2.74 bits per heavy atom. The molecule has 19 heavy (non-hydrogen) atoms. The first-order valence-electron chi connectivity index (χ1n) is 7.44. The molecule has 2 aliphatic rings. The zero-order chi connectivity index (χ0) is 13.1. The summed E-state index contributed by atoms with van der Waals surface area (Å²) in [5.74, 6) is 0.848. The van der Waals surface area contributed by atoms with Crippen molar-refractivity contribution in [2.45, 2.75) is 38.5 Å². The van der Waals surface area contributed by atoms with E-state index in [9.17, 15) is 5.21 Å². The number of nitrogens with zero attached hydrogens (tertiary/aromatic N) is 2. The van der Waals surface area contributed by atoms with Gasteiger partial charge in [0.25, 0.3) is 0 Å². The van der Waals surface area contributed by atoms with E-state index in [0.29, 0.717) is 0 Å². The molecule has 1 fully saturated rings. The minimum Gasteiger partial charge on any atom is -0.411 e. The van der Waals surface area contributed by atoms with Crippen LogP contribution in [0.5, 0.6) is 0 Å². The normalized spacial score (nSPS) is 22.5. The number of fused-ring (bicyclic) bond motifs is 1. The van der Waals surface area contributed by atoms with Crippen molar-refractivity contribution in [3.05, 3.63) is 29.8 Å². The third kappa shape index (κ3) is 2.60. The van der Waals surface area contributed by atoms with Gasteiger partial charge in [-0.2, -0.15) is 0 Å². The molecule has 3 nitrogen and oxygen atoms in total. The van der Waals surface area contributed by atoms with Gasteiger partial charge in [0.2, 0.25) is 0 Å². The lowest BCUT2D eigenvalue weighted by Crippen LogP contribution is -2.29. The number of oxime groups is 1. The second-order valence-electron chi connectivity index (χ2n) is 5.76. The molecule has 1 heterocycles. The molecule has 0 bridgehead atoms. The van der Waals surface area contributed by atoms with Crippen LogP contribution in [0.1, 0.15) is 44.1 Å². The summed E-state index contributed by atoms with van der Waals surface area (Å²) in [6.45, 7) is 2.24. The monoisotopic (exact) mass is 258 g/mol. The standard InChI is InChI=1S/C16H22N2O/c19-17-15-9-5-11-18(12-13-6-1-2-7-13)16-10-4-3-8-14(15)16/h3-4,8,10,13,19H,1-2,5-7,9,11-12H2/b17-15-. The van der Waals surface area contributed by atoms with Crippen molar-refractivity contribution in [3.8, 4) is 0 Å². The molecule has 0 radical (unpaired) electrons. The zero-order valence-corrected chi connectivity index (χ0v) is 11.4. The fraction of sp³-hybridized carbons (Fsp3) is 0.562. The molecule has 0 amide bonds. The third-order valence-corrected chi connectivity index (χ3v) is 4.47. The SMILES string of the molecule is O/N=C1/CCCN(CC2CCCC2)c2ccccc21. The molecule has 1 aromatic rings. The lowest BCUT2D eigenvalue weighted by Gasteiger charge is -2.27. The van der Waals surface area contributed by atoms with E-state index in [-0.39, 0.29) is 0 Å². The summed E-state index contributed by atoms with van der Waals surface area (Å²) in [5, 5.41) is 12.7. The number of benzene rings is 1. The van der Waals surface area contributed by atoms with Gasteiger partial charge >= 0.3 is 0 Å². The van der Waals surface area contributed by atoms with Crippen LogP contribution in [0.4, 0.5) is 5.69 Å². The van der Waals surface area contributed by atoms with Crippen LogP contribution >= 0.6 is 0 Å². The Hall–Kier alpha value is -1.51. The minimum absolute atomic E-state index is 0.838. The van der Waals surface area contributed by atoms with Crippen molar-refractivity contribution in [1.82, 2.24) is 0 Å². The van der Waals surface area contributed by atoms with Crippen LogP contribution in [-0.4, -0.2) is 24.0 Å². The van der Waals surface area contributed by atoms with Gasteiger partial charge < -0.3 is 10.1 Å². The quantitative estimate of drug-likeness (QED) is 0.649. The first kappa shape index (κ1) is 12.5. The number of hydrogen-bond acceptors (Lipinski definition) is 3. The fourth-order valence-electron chi connectivity index (χ4n) is 3.48. The highest BCUT2D eigenvalue weighted by atomic mass is 16.4. The smallest absolute Gasteiger partial charge is 0.0889 e. The predicted molar refractivity (Wildman–Crippen MR) is 78.2 cm³/mol. The minimum atomic E-state index is 0.838. The molecule has 1 aromatic carbocycles. The van der Waals surface area contributed by atoms with Crippen molar-refractivity contribution >= 4 is 11.4 Å². The lowest BCUT2D eigenvalue weighted by atomic mass is 10.0. The second-order valence-corrected chi connectivity index (χ2v) is 5.76. The molecule has 1 aliphatic carbocycles. The Bertz CT molecular complexity index is 464. The van der Waals surface area contributed by atoms with Crippen LogP contribution in [0.25, 0.3) is 0 Å². The van der Waals surface area contributed by atoms with E-state index in [2.05, 4.69) is 28.3 Å². The van der Waals surface area contributed by atoms with Gasteiger partial charge in [0, 0.05) is 24.3 Å². The van der Waals surface area contributed by atoms with Gasteiger partial charge in [0.1, 0.15) is 0 Å². The van der Waals surface area contributed by atoms with Crippen LogP contribution in [0.15, 0.2) is 29.4 Å². The summed E-state index contributed by atoms with van der Waals surface area (Å²) in [6.07, 6.45) is 7.47. The first-order chi connectivity index (χ1) is 9.38. The van der Waals surface area contributed by atoms with Crippen molar-refractivity contribution in [2.24, 2.45) is 11.1 Å². The summed E-state index contributed by atoms with van der Waals surface area (Å²) in [4.78, 5) is 2.50. The zero-order valence-electron chi connectivity index (χ0n) is 11.4. The van der Waals surface area contributed by atoms with Crippen molar-refractivity contribution in [1.29, 1.82) is 0 Å². The first-order valence-corrected chi connectivity index (χ1v) is 7.44. The molecule has 1 N–H and O–H groups in total. The van der Waals surface area contributed by atoms with E-state index in [0.717, 1.165) is 43.1 Å². The number of para-hydroxylation sites is 1. The Labute approximate surface area is 114 Å². The largest absolute Gasteiger partial charge is 0.411 e. The summed E-state index contributed by atoms with van der Waals surface area (Å²) in [7, 11) is 0. The van der Waals surface area contributed by atoms with Gasteiger partial charge in [-0.3, -0.25) is 0 Å². The van der Waals surface area contributed by atoms with E-state index in [4.69, 9.17) is 0 Å². The highest BCUT2D eigenvalue weighted by Crippen LogP contribution is 2.31. The average Bonchev–Trinajstić information content (AvgIpc) is 2.89. The topological polar surface area (TPSA) is 35.8 Å². The van der Waals surface area contributed by atoms with Gasteiger partial charge in [-0.1, -0.05) is 36.2 Å². The molecular formula is C16H22N2O. The molecule has 102 valence electrons. The maximum absolute atomic E-state index is 9.20. The van der Waals surface area contributed by atoms with Crippen molar-refractivity contribution in [2.75, 3.05) is 18.0 Å². The Kier molecular flexibility index (Phi) is 3.72. The summed E-state index contributed by atoms with van der Waals surface area (Å²) < 4.78 is 0. The van der Waals surface area contributed by atoms with Crippen LogP contribution in [0, 0.1) is 5.92 Å². The lowest BCUT2D eigenvalue weighted by molar-refractivity contribution is 0.318. The van der Waals surface area contributed by atoms with Crippen LogP contribution in [0.2, 0.25) is 0 Å². The van der Waals surface area contributed by atoms with Crippen LogP contribution in [0.3, 0.4) is 0 Å². The van der Waals surface area contributed by atoms with Crippen LogP contribution in [-0.2, 0) is 0 Å².